The lowest BCUT2D eigenvalue weighted by Crippen LogP contribution is -2.59. The molecule has 2 saturated heterocycles. The van der Waals surface area contributed by atoms with Crippen LogP contribution in [0.4, 0.5) is 0 Å². The zero-order valence-electron chi connectivity index (χ0n) is 48.5. The molecule has 0 radical (unpaired) electrons. The maximum atomic E-state index is 14.4. The number of thioether (sulfide) groups is 3. The minimum atomic E-state index is -1.55. The SMILES string of the molecule is CSCCC(NC(=O)C1CCCN1C(=O)C(CCSC)NC(=O)C(CCC(=O)O)NC(=O)CNC(=O)CNC(=O)CNC(=O)CNC(=O)CNC(=O)CCCCC1SCC(N)C1N)C(=O)NC(Cc1ccc(O)cc1)C(=O)NC(CCC(=O)O)C(N)=O. The van der Waals surface area contributed by atoms with Crippen molar-refractivity contribution in [2.75, 3.05) is 69.0 Å². The highest BCUT2D eigenvalue weighted by molar-refractivity contribution is 8.00. The molecule has 2 aliphatic heterocycles. The van der Waals surface area contributed by atoms with E-state index in [0.29, 0.717) is 29.9 Å². The first-order chi connectivity index (χ1) is 41.3. The van der Waals surface area contributed by atoms with Gasteiger partial charge in [0.1, 0.15) is 42.0 Å². The van der Waals surface area contributed by atoms with Gasteiger partial charge in [-0.2, -0.15) is 35.3 Å². The third-order valence-electron chi connectivity index (χ3n) is 13.7. The lowest BCUT2D eigenvalue weighted by atomic mass is 10.0. The summed E-state index contributed by atoms with van der Waals surface area (Å²) in [6, 6.07) is -2.61. The Morgan fingerprint density at radius 1 is 0.586 bits per heavy atom. The van der Waals surface area contributed by atoms with Gasteiger partial charge in [0, 0.05) is 55.3 Å². The first-order valence-corrected chi connectivity index (χ1v) is 31.9. The highest BCUT2D eigenvalue weighted by Crippen LogP contribution is 2.29. The molecule has 1 aromatic carbocycles. The van der Waals surface area contributed by atoms with Gasteiger partial charge in [-0.3, -0.25) is 67.1 Å². The quantitative estimate of drug-likeness (QED) is 0.0274. The van der Waals surface area contributed by atoms with Crippen molar-refractivity contribution in [3.8, 4) is 5.75 Å². The molecule has 0 spiro atoms. The summed E-state index contributed by atoms with van der Waals surface area (Å²) in [5.74, 6) is -10.8. The fraction of sp³-hybridized carbons (Fsp3) is 0.623. The highest BCUT2D eigenvalue weighted by Gasteiger charge is 2.40. The number of likely N-dealkylation sites (tertiary alicyclic amines) is 1. The molecule has 34 heteroatoms. The van der Waals surface area contributed by atoms with E-state index in [1.165, 1.54) is 52.7 Å². The van der Waals surface area contributed by atoms with Gasteiger partial charge in [0.15, 0.2) is 0 Å². The average molecular weight is 1280 g/mol. The van der Waals surface area contributed by atoms with Crippen LogP contribution in [0.25, 0.3) is 0 Å². The van der Waals surface area contributed by atoms with Crippen LogP contribution in [0, 0.1) is 0 Å². The van der Waals surface area contributed by atoms with Crippen LogP contribution in [0.3, 0.4) is 0 Å². The molecule has 1 aromatic rings. The number of phenolic OH excluding ortho intramolecular Hbond substituents is 1. The Labute approximate surface area is 515 Å². The summed E-state index contributed by atoms with van der Waals surface area (Å²) in [5.41, 5.74) is 17.9. The van der Waals surface area contributed by atoms with Crippen LogP contribution >= 0.6 is 35.3 Å². The van der Waals surface area contributed by atoms with E-state index in [-0.39, 0.29) is 80.6 Å². The predicted molar refractivity (Wildman–Crippen MR) is 321 cm³/mol. The summed E-state index contributed by atoms with van der Waals surface area (Å²) < 4.78 is 0. The Kier molecular flexibility index (Phi) is 33.4. The second-order valence-corrected chi connectivity index (χ2v) is 23.7. The fourth-order valence-electron chi connectivity index (χ4n) is 8.87. The molecule has 31 nitrogen and oxygen atoms in total. The zero-order valence-corrected chi connectivity index (χ0v) is 51.0. The molecule has 0 aromatic heterocycles. The Morgan fingerprint density at radius 3 is 1.56 bits per heavy atom. The number of rotatable bonds is 40. The van der Waals surface area contributed by atoms with Gasteiger partial charge in [-0.05, 0) is 93.1 Å². The van der Waals surface area contributed by atoms with Crippen molar-refractivity contribution in [2.24, 2.45) is 17.2 Å². The maximum Gasteiger partial charge on any atom is 0.303 e. The standard InChI is InChI=1S/C53H82N14O17S3/c1-85-20-17-34(50(81)66-36(22-29-9-11-30(68)12-10-29)51(82)63-32(48(56)79)13-15-45(75)76)64-52(83)37-6-5-19-67(37)53(84)35(18-21-86-2)65-49(80)33(14-16-46(77)78)62-44(74)27-61-43(73)26-60-42(72)25-59-41(71)24-58-40(70)23-57-39(69)8-4-3-7-38-47(55)31(54)28-87-38/h9-12,31-38,47,68H,3-8,13-28,54-55H2,1-2H3,(H2,56,79)(H,57,69)(H,58,70)(H,59,71)(H,60,72)(H,61,73)(H,62,74)(H,63,82)(H,64,83)(H,65,80)(H,66,81)(H,75,76)(H,77,78). The van der Waals surface area contributed by atoms with Crippen LogP contribution in [-0.4, -0.2) is 226 Å². The average Bonchev–Trinajstić information content (AvgIpc) is 2.64. The monoisotopic (exact) mass is 1280 g/mol. The number of hydrogen-bond acceptors (Lipinski definition) is 20. The summed E-state index contributed by atoms with van der Waals surface area (Å²) in [6.45, 7) is -2.87. The Bertz CT molecular complexity index is 2570. The van der Waals surface area contributed by atoms with Crippen LogP contribution in [0.1, 0.15) is 82.6 Å². The molecule has 2 fully saturated rings. The number of amides is 12. The molecule has 0 aliphatic carbocycles. The van der Waals surface area contributed by atoms with Gasteiger partial charge >= 0.3 is 11.9 Å². The summed E-state index contributed by atoms with van der Waals surface area (Å²) >= 11 is 4.39. The molecule has 0 bridgehead atoms. The molecule has 9 atom stereocenters. The van der Waals surface area contributed by atoms with Crippen molar-refractivity contribution in [1.82, 2.24) is 58.1 Å². The number of nitrogens with two attached hydrogens (primary N) is 3. The maximum absolute atomic E-state index is 14.4. The van der Waals surface area contributed by atoms with Crippen LogP contribution in [0.15, 0.2) is 24.3 Å². The van der Waals surface area contributed by atoms with E-state index in [1.54, 1.807) is 24.3 Å². The predicted octanol–water partition coefficient (Wildman–Crippen LogP) is -5.02. The molecule has 9 unspecified atom stereocenters. The van der Waals surface area contributed by atoms with E-state index in [0.717, 1.165) is 18.6 Å². The van der Waals surface area contributed by atoms with E-state index in [9.17, 15) is 77.3 Å². The van der Waals surface area contributed by atoms with Gasteiger partial charge in [-0.25, -0.2) is 0 Å². The van der Waals surface area contributed by atoms with Crippen LogP contribution < -0.4 is 70.4 Å². The number of nitrogens with one attached hydrogen (secondary N) is 10. The molecule has 2 aliphatic rings. The molecule has 19 N–H and O–H groups in total. The number of phenols is 1. The molecule has 2 heterocycles. The van der Waals surface area contributed by atoms with Crippen molar-refractivity contribution in [3.63, 3.8) is 0 Å². The summed E-state index contributed by atoms with van der Waals surface area (Å²) in [5, 5.41) is 52.8. The molecule has 87 heavy (non-hydrogen) atoms. The third kappa shape index (κ3) is 28.3. The van der Waals surface area contributed by atoms with Gasteiger partial charge in [-0.1, -0.05) is 18.6 Å². The molecular weight excluding hydrogens is 1200 g/mol. The second kappa shape index (κ2) is 39.4. The highest BCUT2D eigenvalue weighted by atomic mass is 32.2. The zero-order chi connectivity index (χ0) is 64.6. The summed E-state index contributed by atoms with van der Waals surface area (Å²) in [4.78, 5) is 181. The van der Waals surface area contributed by atoms with Gasteiger partial charge in [0.05, 0.1) is 32.7 Å². The van der Waals surface area contributed by atoms with E-state index < -0.39 is 159 Å². The number of nitrogens with zero attached hydrogens (tertiary/aromatic N) is 1. The lowest BCUT2D eigenvalue weighted by Gasteiger charge is -2.31. The van der Waals surface area contributed by atoms with Gasteiger partial charge in [0.25, 0.3) is 0 Å². The normalized spacial score (nSPS) is 17.8. The van der Waals surface area contributed by atoms with E-state index >= 15 is 0 Å². The number of carbonyl (C=O) groups is 14. The lowest BCUT2D eigenvalue weighted by molar-refractivity contribution is -0.143. The number of hydrogen-bond donors (Lipinski definition) is 16. The number of unbranched alkanes of at least 4 members (excludes halogenated alkanes) is 1. The fourth-order valence-corrected chi connectivity index (χ4v) is 11.3. The van der Waals surface area contributed by atoms with Crippen LogP contribution in [0.5, 0.6) is 5.75 Å². The Balaban J connectivity index is 1.55. The molecular formula is C53H82N14O17S3. The number of aliphatic carboxylic acids is 2. The summed E-state index contributed by atoms with van der Waals surface area (Å²) in [7, 11) is 0. The first kappa shape index (κ1) is 73.8. The first-order valence-electron chi connectivity index (χ1n) is 28.1. The van der Waals surface area contributed by atoms with E-state index in [2.05, 4.69) is 53.2 Å². The topological polar surface area (TPSA) is 501 Å². The largest absolute Gasteiger partial charge is 0.508 e. The summed E-state index contributed by atoms with van der Waals surface area (Å²) in [6.07, 6.45) is 4.28. The second-order valence-electron chi connectivity index (χ2n) is 20.5. The Morgan fingerprint density at radius 2 is 1.06 bits per heavy atom. The number of benzene rings is 1. The van der Waals surface area contributed by atoms with E-state index in [4.69, 9.17) is 22.3 Å². The molecule has 12 amide bonds. The van der Waals surface area contributed by atoms with Gasteiger partial charge in [0.2, 0.25) is 70.9 Å². The number of aromatic hydroxyl groups is 1. The smallest absolute Gasteiger partial charge is 0.303 e. The van der Waals surface area contributed by atoms with Gasteiger partial charge in [-0.15, -0.1) is 0 Å². The molecule has 484 valence electrons. The van der Waals surface area contributed by atoms with Gasteiger partial charge < -0.3 is 90.6 Å². The number of primary amides is 1. The van der Waals surface area contributed by atoms with Crippen molar-refractivity contribution in [3.05, 3.63) is 29.8 Å². The van der Waals surface area contributed by atoms with Crippen molar-refractivity contribution in [1.29, 1.82) is 0 Å². The van der Waals surface area contributed by atoms with Crippen molar-refractivity contribution < 1.29 is 82.4 Å². The molecule has 3 rings (SSSR count). The van der Waals surface area contributed by atoms with Crippen molar-refractivity contribution >= 4 is 118 Å². The van der Waals surface area contributed by atoms with Crippen molar-refractivity contribution in [2.45, 2.75) is 137 Å². The minimum Gasteiger partial charge on any atom is -0.508 e. The van der Waals surface area contributed by atoms with E-state index in [1.807, 2.05) is 0 Å². The van der Waals surface area contributed by atoms with Crippen LogP contribution in [0.2, 0.25) is 0 Å². The number of carboxylic acids is 2. The number of carbonyl (C=O) groups excluding carboxylic acids is 12. The number of carboxylic acid groups (broad SMARTS) is 2. The molecule has 0 saturated carbocycles. The Hall–Kier alpha value is -7.43. The minimum absolute atomic E-state index is 0.0175. The third-order valence-corrected chi connectivity index (χ3v) is 16.6. The van der Waals surface area contributed by atoms with Crippen LogP contribution in [-0.2, 0) is 73.5 Å².